The fourth-order valence-corrected chi connectivity index (χ4v) is 3.30. The maximum Gasteiger partial charge on any atom is 0.191 e. The van der Waals surface area contributed by atoms with Crippen LogP contribution in [-0.4, -0.2) is 56.2 Å². The van der Waals surface area contributed by atoms with Gasteiger partial charge in [-0.3, -0.25) is 4.99 Å². The smallest absolute Gasteiger partial charge is 0.191 e. The molecule has 0 aliphatic carbocycles. The molecule has 0 saturated carbocycles. The number of hydrogen-bond donors (Lipinski definition) is 2. The van der Waals surface area contributed by atoms with Crippen LogP contribution in [0.2, 0.25) is 0 Å². The molecule has 1 aromatic carbocycles. The van der Waals surface area contributed by atoms with E-state index in [0.717, 1.165) is 44.2 Å². The summed E-state index contributed by atoms with van der Waals surface area (Å²) in [6.45, 7) is 12.4. The number of hydrogen-bond acceptors (Lipinski definition) is 3. The van der Waals surface area contributed by atoms with Gasteiger partial charge in [0.25, 0.3) is 0 Å². The summed E-state index contributed by atoms with van der Waals surface area (Å²) in [6.07, 6.45) is 2.33. The molecule has 0 spiro atoms. The van der Waals surface area contributed by atoms with Gasteiger partial charge in [0.15, 0.2) is 5.96 Å². The Morgan fingerprint density at radius 1 is 1.20 bits per heavy atom. The predicted molar refractivity (Wildman–Crippen MR) is 106 cm³/mol. The molecular formula is C20H34N4O. The van der Waals surface area contributed by atoms with E-state index in [1.807, 2.05) is 7.05 Å². The first-order chi connectivity index (χ1) is 12.0. The Hall–Kier alpha value is -1.75. The minimum absolute atomic E-state index is 0.501. The summed E-state index contributed by atoms with van der Waals surface area (Å²) in [5.74, 6) is 1.80. The monoisotopic (exact) mass is 346 g/mol. The largest absolute Gasteiger partial charge is 0.492 e. The van der Waals surface area contributed by atoms with E-state index in [-0.39, 0.29) is 0 Å². The molecule has 1 aliphatic heterocycles. The van der Waals surface area contributed by atoms with Crippen LogP contribution in [0, 0.1) is 13.8 Å². The third kappa shape index (κ3) is 6.58. The minimum atomic E-state index is 0.501. The van der Waals surface area contributed by atoms with Crippen LogP contribution in [0.1, 0.15) is 37.8 Å². The van der Waals surface area contributed by atoms with Crippen LogP contribution >= 0.6 is 0 Å². The van der Waals surface area contributed by atoms with Crippen molar-refractivity contribution in [2.75, 3.05) is 33.3 Å². The normalized spacial score (nSPS) is 17.0. The van der Waals surface area contributed by atoms with E-state index < -0.39 is 0 Å². The maximum absolute atomic E-state index is 5.84. The summed E-state index contributed by atoms with van der Waals surface area (Å²) < 4.78 is 5.84. The Kier molecular flexibility index (Phi) is 7.56. The van der Waals surface area contributed by atoms with Gasteiger partial charge >= 0.3 is 0 Å². The molecule has 1 fully saturated rings. The number of rotatable bonds is 6. The number of piperidine rings is 1. The number of nitrogens with one attached hydrogen (secondary N) is 2. The van der Waals surface area contributed by atoms with Gasteiger partial charge in [-0.15, -0.1) is 0 Å². The Balaban J connectivity index is 1.68. The van der Waals surface area contributed by atoms with Gasteiger partial charge in [-0.1, -0.05) is 6.07 Å². The summed E-state index contributed by atoms with van der Waals surface area (Å²) in [7, 11) is 1.82. The van der Waals surface area contributed by atoms with E-state index in [0.29, 0.717) is 18.7 Å². The first-order valence-electron chi connectivity index (χ1n) is 9.40. The van der Waals surface area contributed by atoms with Gasteiger partial charge in [0.05, 0.1) is 6.54 Å². The van der Waals surface area contributed by atoms with Crippen molar-refractivity contribution >= 4 is 5.96 Å². The van der Waals surface area contributed by atoms with Gasteiger partial charge in [0.1, 0.15) is 12.4 Å². The molecular weight excluding hydrogens is 312 g/mol. The number of likely N-dealkylation sites (tertiary alicyclic amines) is 1. The highest BCUT2D eigenvalue weighted by molar-refractivity contribution is 5.79. The molecule has 1 aliphatic rings. The van der Waals surface area contributed by atoms with E-state index in [1.165, 1.54) is 11.1 Å². The number of aliphatic imine (C=N–C) groups is 1. The lowest BCUT2D eigenvalue weighted by atomic mass is 10.0. The number of guanidine groups is 1. The summed E-state index contributed by atoms with van der Waals surface area (Å²) in [6, 6.07) is 7.44. The predicted octanol–water partition coefficient (Wildman–Crippen LogP) is 2.72. The van der Waals surface area contributed by atoms with E-state index in [1.54, 1.807) is 0 Å². The summed E-state index contributed by atoms with van der Waals surface area (Å²) in [5.41, 5.74) is 2.46. The second-order valence-electron chi connectivity index (χ2n) is 7.22. The average molecular weight is 347 g/mol. The lowest BCUT2D eigenvalue weighted by molar-refractivity contribution is 0.167. The van der Waals surface area contributed by atoms with Crippen molar-refractivity contribution < 1.29 is 4.74 Å². The molecule has 1 saturated heterocycles. The third-order valence-electron chi connectivity index (χ3n) is 4.68. The van der Waals surface area contributed by atoms with E-state index in [9.17, 15) is 0 Å². The zero-order valence-electron chi connectivity index (χ0n) is 16.4. The highest BCUT2D eigenvalue weighted by Gasteiger charge is 2.21. The van der Waals surface area contributed by atoms with Crippen molar-refractivity contribution in [1.82, 2.24) is 15.5 Å². The molecule has 0 bridgehead atoms. The molecule has 2 N–H and O–H groups in total. The van der Waals surface area contributed by atoms with Gasteiger partial charge in [-0.2, -0.15) is 0 Å². The van der Waals surface area contributed by atoms with Gasteiger partial charge in [-0.25, -0.2) is 0 Å². The maximum atomic E-state index is 5.84. The van der Waals surface area contributed by atoms with Crippen molar-refractivity contribution in [2.24, 2.45) is 4.99 Å². The van der Waals surface area contributed by atoms with Crippen LogP contribution in [-0.2, 0) is 0 Å². The molecule has 0 unspecified atom stereocenters. The quantitative estimate of drug-likeness (QED) is 0.472. The minimum Gasteiger partial charge on any atom is -0.492 e. The van der Waals surface area contributed by atoms with Crippen LogP contribution in [0.5, 0.6) is 5.75 Å². The zero-order chi connectivity index (χ0) is 18.2. The molecule has 0 radical (unpaired) electrons. The molecule has 2 rings (SSSR count). The van der Waals surface area contributed by atoms with E-state index in [4.69, 9.17) is 4.74 Å². The summed E-state index contributed by atoms with van der Waals surface area (Å²) >= 11 is 0. The number of ether oxygens (including phenoxy) is 1. The van der Waals surface area contributed by atoms with Crippen LogP contribution in [0.25, 0.3) is 0 Å². The third-order valence-corrected chi connectivity index (χ3v) is 4.68. The van der Waals surface area contributed by atoms with Crippen LogP contribution < -0.4 is 15.4 Å². The standard InChI is InChI=1S/C20H34N4O/c1-15(2)24-9-6-18(7-10-24)23-20(21-5)22-8-11-25-19-13-16(3)12-17(4)14-19/h12-15,18H,6-11H2,1-5H3,(H2,21,22,23). The first-order valence-corrected chi connectivity index (χ1v) is 9.40. The van der Waals surface area contributed by atoms with Crippen molar-refractivity contribution in [3.8, 4) is 5.75 Å². The average Bonchev–Trinajstić information content (AvgIpc) is 2.57. The van der Waals surface area contributed by atoms with E-state index >= 15 is 0 Å². The fraction of sp³-hybridized carbons (Fsp3) is 0.650. The lowest BCUT2D eigenvalue weighted by Crippen LogP contribution is -2.50. The summed E-state index contributed by atoms with van der Waals surface area (Å²) in [4.78, 5) is 6.87. The lowest BCUT2D eigenvalue weighted by Gasteiger charge is -2.35. The first kappa shape index (κ1) is 19.6. The highest BCUT2D eigenvalue weighted by Crippen LogP contribution is 2.16. The molecule has 1 aromatic rings. The Morgan fingerprint density at radius 3 is 2.40 bits per heavy atom. The molecule has 5 nitrogen and oxygen atoms in total. The molecule has 5 heteroatoms. The van der Waals surface area contributed by atoms with Crippen LogP contribution in [0.3, 0.4) is 0 Å². The molecule has 0 atom stereocenters. The number of aryl methyl sites for hydroxylation is 2. The molecule has 1 heterocycles. The highest BCUT2D eigenvalue weighted by atomic mass is 16.5. The van der Waals surface area contributed by atoms with Gasteiger partial charge in [0.2, 0.25) is 0 Å². The summed E-state index contributed by atoms with van der Waals surface area (Å²) in [5, 5.41) is 6.89. The molecule has 25 heavy (non-hydrogen) atoms. The SMILES string of the molecule is CN=C(NCCOc1cc(C)cc(C)c1)NC1CCN(C(C)C)CC1. The van der Waals surface area contributed by atoms with Crippen LogP contribution in [0.4, 0.5) is 0 Å². The number of benzene rings is 1. The van der Waals surface area contributed by atoms with Crippen molar-refractivity contribution in [2.45, 2.75) is 52.6 Å². The van der Waals surface area contributed by atoms with Gasteiger partial charge in [0, 0.05) is 32.2 Å². The van der Waals surface area contributed by atoms with E-state index in [2.05, 4.69) is 66.4 Å². The van der Waals surface area contributed by atoms with Gasteiger partial charge in [-0.05, 0) is 63.8 Å². The topological polar surface area (TPSA) is 48.9 Å². The van der Waals surface area contributed by atoms with Gasteiger partial charge < -0.3 is 20.3 Å². The molecule has 0 amide bonds. The molecule has 140 valence electrons. The zero-order valence-corrected chi connectivity index (χ0v) is 16.4. The van der Waals surface area contributed by atoms with Crippen LogP contribution in [0.15, 0.2) is 23.2 Å². The Labute approximate surface area is 152 Å². The van der Waals surface area contributed by atoms with Crippen molar-refractivity contribution in [3.05, 3.63) is 29.3 Å². The second-order valence-corrected chi connectivity index (χ2v) is 7.22. The second kappa shape index (κ2) is 9.66. The van der Waals surface area contributed by atoms with Crippen molar-refractivity contribution in [3.63, 3.8) is 0 Å². The molecule has 0 aromatic heterocycles. The van der Waals surface area contributed by atoms with Crippen molar-refractivity contribution in [1.29, 1.82) is 0 Å². The number of nitrogens with zero attached hydrogens (tertiary/aromatic N) is 2. The Bertz CT molecular complexity index is 543. The fourth-order valence-electron chi connectivity index (χ4n) is 3.30. The Morgan fingerprint density at radius 2 is 1.84 bits per heavy atom.